The Balaban J connectivity index is 1.68. The molecule has 5 nitrogen and oxygen atoms in total. The highest BCUT2D eigenvalue weighted by Gasteiger charge is 2.34. The summed E-state index contributed by atoms with van der Waals surface area (Å²) in [5.41, 5.74) is 0.978. The summed E-state index contributed by atoms with van der Waals surface area (Å²) in [5, 5.41) is 3.94. The number of nitrogens with one attached hydrogen (secondary N) is 1. The Kier molecular flexibility index (Phi) is 3.71. The molecule has 0 atom stereocenters. The number of fused-ring (bicyclic) bond motifs is 1. The van der Waals surface area contributed by atoms with E-state index in [1.807, 2.05) is 32.0 Å². The number of nitrogens with zero attached hydrogens (tertiary/aromatic N) is 2. The third-order valence-electron chi connectivity index (χ3n) is 3.54. The molecule has 1 saturated heterocycles. The number of hydrogen-bond acceptors (Lipinski definition) is 5. The maximum atomic E-state index is 11.9. The molecular weight excluding hydrogens is 286 g/mol. The molecule has 1 N–H and O–H groups in total. The Morgan fingerprint density at radius 2 is 2.24 bits per heavy atom. The minimum Gasteiger partial charge on any atom is -0.497 e. The van der Waals surface area contributed by atoms with Crippen molar-refractivity contribution in [3.63, 3.8) is 0 Å². The molecule has 1 aromatic heterocycles. The van der Waals surface area contributed by atoms with Crippen molar-refractivity contribution in [3.05, 3.63) is 18.2 Å². The van der Waals surface area contributed by atoms with Crippen LogP contribution >= 0.6 is 11.3 Å². The van der Waals surface area contributed by atoms with Crippen molar-refractivity contribution in [3.8, 4) is 5.75 Å². The molecule has 2 heterocycles. The van der Waals surface area contributed by atoms with Gasteiger partial charge in [0.2, 0.25) is 5.91 Å². The highest BCUT2D eigenvalue weighted by Crippen LogP contribution is 2.34. The Morgan fingerprint density at radius 3 is 2.90 bits per heavy atom. The number of hydrogen-bond donors (Lipinski definition) is 1. The van der Waals surface area contributed by atoms with Crippen LogP contribution in [0.5, 0.6) is 5.75 Å². The Labute approximate surface area is 127 Å². The number of ether oxygens (including phenoxy) is 1. The minimum absolute atomic E-state index is 0.0777. The zero-order valence-electron chi connectivity index (χ0n) is 12.4. The number of carbonyl (C=O) groups is 1. The fraction of sp³-hybridized carbons (Fsp3) is 0.467. The van der Waals surface area contributed by atoms with Crippen LogP contribution in [0.15, 0.2) is 18.2 Å². The van der Waals surface area contributed by atoms with Crippen LogP contribution in [0.3, 0.4) is 0 Å². The second kappa shape index (κ2) is 5.52. The topological polar surface area (TPSA) is 54.5 Å². The zero-order chi connectivity index (χ0) is 15.0. The highest BCUT2D eigenvalue weighted by atomic mass is 32.1. The molecule has 0 aliphatic carbocycles. The summed E-state index contributed by atoms with van der Waals surface area (Å²) in [6.45, 7) is 5.45. The lowest BCUT2D eigenvalue weighted by Gasteiger charge is -2.38. The number of benzene rings is 1. The normalized spacial score (nSPS) is 15.3. The number of methoxy groups -OCH3 is 1. The predicted molar refractivity (Wildman–Crippen MR) is 85.2 cm³/mol. The number of aromatic nitrogens is 1. The second-order valence-electron chi connectivity index (χ2n) is 5.60. The predicted octanol–water partition coefficient (Wildman–Crippen LogP) is 2.27. The van der Waals surface area contributed by atoms with Crippen molar-refractivity contribution in [2.75, 3.05) is 25.1 Å². The number of amides is 1. The van der Waals surface area contributed by atoms with Gasteiger partial charge < -0.3 is 15.0 Å². The van der Waals surface area contributed by atoms with Crippen LogP contribution in [0.2, 0.25) is 0 Å². The van der Waals surface area contributed by atoms with Crippen molar-refractivity contribution >= 4 is 32.6 Å². The van der Waals surface area contributed by atoms with Crippen LogP contribution in [-0.2, 0) is 4.79 Å². The Hall–Kier alpha value is -1.82. The average Bonchev–Trinajstić information content (AvgIpc) is 2.77. The molecule has 1 amide bonds. The van der Waals surface area contributed by atoms with Gasteiger partial charge in [-0.05, 0) is 32.0 Å². The van der Waals surface area contributed by atoms with E-state index in [0.717, 1.165) is 34.2 Å². The lowest BCUT2D eigenvalue weighted by atomic mass is 10.00. The van der Waals surface area contributed by atoms with E-state index in [-0.39, 0.29) is 17.9 Å². The van der Waals surface area contributed by atoms with Gasteiger partial charge in [-0.3, -0.25) is 4.79 Å². The van der Waals surface area contributed by atoms with E-state index in [2.05, 4.69) is 15.2 Å². The summed E-state index contributed by atoms with van der Waals surface area (Å²) < 4.78 is 6.34. The van der Waals surface area contributed by atoms with Crippen LogP contribution in [0, 0.1) is 5.92 Å². The number of anilines is 1. The number of thiazole rings is 1. The highest BCUT2D eigenvalue weighted by molar-refractivity contribution is 7.22. The van der Waals surface area contributed by atoms with E-state index in [1.54, 1.807) is 18.4 Å². The van der Waals surface area contributed by atoms with Gasteiger partial charge in [0.05, 0.1) is 23.2 Å². The van der Waals surface area contributed by atoms with Gasteiger partial charge >= 0.3 is 0 Å². The summed E-state index contributed by atoms with van der Waals surface area (Å²) in [6.07, 6.45) is 0. The monoisotopic (exact) mass is 305 g/mol. The van der Waals surface area contributed by atoms with Gasteiger partial charge in [-0.2, -0.15) is 0 Å². The smallest absolute Gasteiger partial charge is 0.226 e. The fourth-order valence-electron chi connectivity index (χ4n) is 2.36. The summed E-state index contributed by atoms with van der Waals surface area (Å²) in [5.74, 6) is 1.06. The van der Waals surface area contributed by atoms with Crippen molar-refractivity contribution in [2.45, 2.75) is 19.9 Å². The van der Waals surface area contributed by atoms with Gasteiger partial charge in [0, 0.05) is 19.1 Å². The van der Waals surface area contributed by atoms with Gasteiger partial charge in [0.25, 0.3) is 0 Å². The molecule has 0 bridgehead atoms. The summed E-state index contributed by atoms with van der Waals surface area (Å²) in [6, 6.07) is 6.08. The maximum absolute atomic E-state index is 11.9. The zero-order valence-corrected chi connectivity index (χ0v) is 13.2. The summed E-state index contributed by atoms with van der Waals surface area (Å²) in [7, 11) is 1.66. The van der Waals surface area contributed by atoms with Crippen LogP contribution in [0.1, 0.15) is 13.8 Å². The van der Waals surface area contributed by atoms with E-state index in [0.29, 0.717) is 0 Å². The Bertz CT molecular complexity index is 662. The van der Waals surface area contributed by atoms with Crippen LogP contribution in [0.4, 0.5) is 5.13 Å². The third-order valence-corrected chi connectivity index (χ3v) is 4.62. The standard InChI is InChI=1S/C15H19N3O2S/c1-9(2)16-14(19)10-7-18(8-10)15-17-12-5-4-11(20-3)6-13(12)21-15/h4-6,9-10H,7-8H2,1-3H3,(H,16,19). The molecule has 1 fully saturated rings. The van der Waals surface area contributed by atoms with Crippen LogP contribution in [0.25, 0.3) is 10.2 Å². The molecule has 0 saturated carbocycles. The van der Waals surface area contributed by atoms with E-state index in [1.165, 1.54) is 0 Å². The molecule has 1 aliphatic rings. The first-order chi connectivity index (χ1) is 10.1. The average molecular weight is 305 g/mol. The molecule has 1 aliphatic heterocycles. The van der Waals surface area contributed by atoms with Crippen LogP contribution < -0.4 is 15.0 Å². The van der Waals surface area contributed by atoms with Crippen molar-refractivity contribution in [1.82, 2.24) is 10.3 Å². The van der Waals surface area contributed by atoms with E-state index >= 15 is 0 Å². The van der Waals surface area contributed by atoms with E-state index in [9.17, 15) is 4.79 Å². The van der Waals surface area contributed by atoms with Crippen molar-refractivity contribution in [2.24, 2.45) is 5.92 Å². The molecule has 21 heavy (non-hydrogen) atoms. The lowest BCUT2D eigenvalue weighted by Crippen LogP contribution is -2.54. The maximum Gasteiger partial charge on any atom is 0.226 e. The number of rotatable bonds is 4. The molecule has 1 aromatic carbocycles. The lowest BCUT2D eigenvalue weighted by molar-refractivity contribution is -0.126. The quantitative estimate of drug-likeness (QED) is 0.941. The molecule has 6 heteroatoms. The molecule has 0 radical (unpaired) electrons. The van der Waals surface area contributed by atoms with Gasteiger partial charge in [0.15, 0.2) is 5.13 Å². The van der Waals surface area contributed by atoms with Crippen LogP contribution in [-0.4, -0.2) is 37.1 Å². The van der Waals surface area contributed by atoms with Crippen molar-refractivity contribution in [1.29, 1.82) is 0 Å². The SMILES string of the molecule is COc1ccc2nc(N3CC(C(=O)NC(C)C)C3)sc2c1. The first-order valence-electron chi connectivity index (χ1n) is 7.06. The van der Waals surface area contributed by atoms with E-state index in [4.69, 9.17) is 4.74 Å². The number of carbonyl (C=O) groups excluding carboxylic acids is 1. The molecule has 3 rings (SSSR count). The second-order valence-corrected chi connectivity index (χ2v) is 6.60. The Morgan fingerprint density at radius 1 is 1.48 bits per heavy atom. The van der Waals surface area contributed by atoms with Gasteiger partial charge in [-0.25, -0.2) is 4.98 Å². The minimum atomic E-state index is 0.0777. The molecule has 112 valence electrons. The molecular formula is C15H19N3O2S. The van der Waals surface area contributed by atoms with Crippen molar-refractivity contribution < 1.29 is 9.53 Å². The largest absolute Gasteiger partial charge is 0.497 e. The molecule has 0 spiro atoms. The molecule has 2 aromatic rings. The molecule has 0 unspecified atom stereocenters. The first-order valence-corrected chi connectivity index (χ1v) is 7.88. The first kappa shape index (κ1) is 14.1. The fourth-order valence-corrected chi connectivity index (χ4v) is 3.37. The third kappa shape index (κ3) is 2.81. The van der Waals surface area contributed by atoms with Gasteiger partial charge in [-0.15, -0.1) is 0 Å². The van der Waals surface area contributed by atoms with Gasteiger partial charge in [-0.1, -0.05) is 11.3 Å². The van der Waals surface area contributed by atoms with Gasteiger partial charge in [0.1, 0.15) is 5.75 Å². The summed E-state index contributed by atoms with van der Waals surface area (Å²) >= 11 is 1.64. The summed E-state index contributed by atoms with van der Waals surface area (Å²) in [4.78, 5) is 18.7. The van der Waals surface area contributed by atoms with E-state index < -0.39 is 0 Å².